The van der Waals surface area contributed by atoms with Gasteiger partial charge in [0.25, 0.3) is 5.91 Å². The van der Waals surface area contributed by atoms with Crippen LogP contribution in [0.2, 0.25) is 0 Å². The van der Waals surface area contributed by atoms with Gasteiger partial charge in [-0.1, -0.05) is 36.4 Å². The first-order valence-electron chi connectivity index (χ1n) is 13.0. The number of piperazine rings is 1. The molecule has 10 nitrogen and oxygen atoms in total. The standard InChI is InChI=1S/C25H24N4O2.2C2HF3O2/c1-18-8-5-6-12-21(18)31-25-22(24(30)28-16-14-26-15-17-28)23-20(11-7-13-27-23)29(25)19-9-3-2-4-10-19;2*3-2(4,5)1(6)7/h2-13,26H,14-17H2,1H3;2*(H,6,7). The smallest absolute Gasteiger partial charge is 0.475 e. The number of ether oxygens (including phenoxy) is 1. The Bertz CT molecular complexity index is 1610. The van der Waals surface area contributed by atoms with Gasteiger partial charge in [-0.2, -0.15) is 26.3 Å². The zero-order valence-electron chi connectivity index (χ0n) is 23.4. The Morgan fingerprint density at radius 1 is 0.822 bits per heavy atom. The minimum Gasteiger partial charge on any atom is -0.475 e. The van der Waals surface area contributed by atoms with Crippen LogP contribution in [0.3, 0.4) is 0 Å². The summed E-state index contributed by atoms with van der Waals surface area (Å²) < 4.78 is 71.9. The molecule has 2 aromatic carbocycles. The van der Waals surface area contributed by atoms with E-state index in [0.717, 1.165) is 35.6 Å². The van der Waals surface area contributed by atoms with Crippen LogP contribution in [0.1, 0.15) is 15.9 Å². The van der Waals surface area contributed by atoms with E-state index >= 15 is 0 Å². The number of aryl methyl sites for hydroxylation is 1. The Balaban J connectivity index is 0.000000331. The van der Waals surface area contributed by atoms with Gasteiger partial charge in [0.15, 0.2) is 0 Å². The number of nitrogens with one attached hydrogen (secondary N) is 1. The molecule has 2 aromatic heterocycles. The van der Waals surface area contributed by atoms with Crippen molar-refractivity contribution in [2.24, 2.45) is 0 Å². The first-order chi connectivity index (χ1) is 21.1. The molecule has 0 saturated carbocycles. The Morgan fingerprint density at radius 3 is 1.89 bits per heavy atom. The SMILES string of the molecule is Cc1ccccc1Oc1c(C(=O)N2CCNCC2)c2ncccc2n1-c1ccccc1.O=C(O)C(F)(F)F.O=C(O)C(F)(F)F. The molecule has 240 valence electrons. The molecular formula is C29H26F6N4O6. The van der Waals surface area contributed by atoms with E-state index in [9.17, 15) is 31.1 Å². The van der Waals surface area contributed by atoms with Gasteiger partial charge in [0.2, 0.25) is 5.88 Å². The molecule has 5 rings (SSSR count). The second-order valence-electron chi connectivity index (χ2n) is 9.24. The second kappa shape index (κ2) is 14.6. The van der Waals surface area contributed by atoms with Crippen molar-refractivity contribution in [1.29, 1.82) is 0 Å². The summed E-state index contributed by atoms with van der Waals surface area (Å²) in [4.78, 5) is 38.0. The van der Waals surface area contributed by atoms with Crippen molar-refractivity contribution in [2.45, 2.75) is 19.3 Å². The van der Waals surface area contributed by atoms with Gasteiger partial charge in [0.05, 0.1) is 5.52 Å². The summed E-state index contributed by atoms with van der Waals surface area (Å²) in [5, 5.41) is 17.6. The minimum atomic E-state index is -5.08. The fourth-order valence-corrected chi connectivity index (χ4v) is 4.02. The Labute approximate surface area is 251 Å². The number of amides is 1. The Hall–Kier alpha value is -5.12. The largest absolute Gasteiger partial charge is 0.490 e. The number of aromatic nitrogens is 2. The Kier molecular flexibility index (Phi) is 11.1. The van der Waals surface area contributed by atoms with Crippen LogP contribution in [-0.2, 0) is 9.59 Å². The lowest BCUT2D eigenvalue weighted by Crippen LogP contribution is -2.46. The average molecular weight is 641 g/mol. The molecule has 4 aromatic rings. The number of para-hydroxylation sites is 2. The van der Waals surface area contributed by atoms with E-state index in [4.69, 9.17) is 24.5 Å². The zero-order valence-corrected chi connectivity index (χ0v) is 23.4. The highest BCUT2D eigenvalue weighted by molar-refractivity contribution is 6.09. The molecule has 0 unspecified atom stereocenters. The number of hydrogen-bond donors (Lipinski definition) is 3. The van der Waals surface area contributed by atoms with Crippen molar-refractivity contribution in [2.75, 3.05) is 26.2 Å². The van der Waals surface area contributed by atoms with Crippen molar-refractivity contribution in [3.63, 3.8) is 0 Å². The molecule has 16 heteroatoms. The molecule has 0 bridgehead atoms. The summed E-state index contributed by atoms with van der Waals surface area (Å²) in [6.45, 7) is 4.89. The van der Waals surface area contributed by atoms with Gasteiger partial charge in [-0.15, -0.1) is 0 Å². The lowest BCUT2D eigenvalue weighted by atomic mass is 10.2. The van der Waals surface area contributed by atoms with Gasteiger partial charge < -0.3 is 25.2 Å². The van der Waals surface area contributed by atoms with Crippen LogP contribution in [0.15, 0.2) is 72.9 Å². The van der Waals surface area contributed by atoms with Gasteiger partial charge in [0.1, 0.15) is 16.8 Å². The predicted molar refractivity (Wildman–Crippen MR) is 148 cm³/mol. The number of fused-ring (bicyclic) bond motifs is 1. The molecule has 0 atom stereocenters. The number of carboxylic acid groups (broad SMARTS) is 2. The molecule has 1 amide bonds. The number of nitrogens with zero attached hydrogens (tertiary/aromatic N) is 3. The summed E-state index contributed by atoms with van der Waals surface area (Å²) in [6, 6.07) is 21.7. The van der Waals surface area contributed by atoms with Crippen LogP contribution in [-0.4, -0.2) is 81.0 Å². The lowest BCUT2D eigenvalue weighted by molar-refractivity contribution is -0.193. The number of halogens is 6. The lowest BCUT2D eigenvalue weighted by Gasteiger charge is -2.27. The maximum absolute atomic E-state index is 13.7. The van der Waals surface area contributed by atoms with Crippen LogP contribution in [0.4, 0.5) is 26.3 Å². The van der Waals surface area contributed by atoms with Crippen LogP contribution >= 0.6 is 0 Å². The number of alkyl halides is 6. The maximum atomic E-state index is 13.7. The van der Waals surface area contributed by atoms with Crippen LogP contribution in [0, 0.1) is 6.92 Å². The highest BCUT2D eigenvalue weighted by atomic mass is 19.4. The monoisotopic (exact) mass is 640 g/mol. The fraction of sp³-hybridized carbons (Fsp3) is 0.241. The van der Waals surface area contributed by atoms with E-state index in [0.29, 0.717) is 30.0 Å². The van der Waals surface area contributed by atoms with Gasteiger partial charge in [-0.05, 0) is 42.8 Å². The summed E-state index contributed by atoms with van der Waals surface area (Å²) >= 11 is 0. The van der Waals surface area contributed by atoms with Gasteiger partial charge >= 0.3 is 24.3 Å². The molecule has 1 fully saturated rings. The topological polar surface area (TPSA) is 134 Å². The molecule has 0 aliphatic carbocycles. The maximum Gasteiger partial charge on any atom is 0.490 e. The summed E-state index contributed by atoms with van der Waals surface area (Å²) in [6.07, 6.45) is -8.44. The molecule has 0 radical (unpaired) electrons. The predicted octanol–water partition coefficient (Wildman–Crippen LogP) is 5.44. The summed E-state index contributed by atoms with van der Waals surface area (Å²) in [5.74, 6) is -4.35. The van der Waals surface area contributed by atoms with E-state index in [2.05, 4.69) is 10.3 Å². The summed E-state index contributed by atoms with van der Waals surface area (Å²) in [5.41, 5.74) is 3.92. The van der Waals surface area contributed by atoms with Gasteiger partial charge in [0, 0.05) is 38.1 Å². The van der Waals surface area contributed by atoms with E-state index in [1.54, 1.807) is 6.20 Å². The average Bonchev–Trinajstić information content (AvgIpc) is 3.32. The third-order valence-electron chi connectivity index (χ3n) is 6.10. The van der Waals surface area contributed by atoms with Crippen LogP contribution in [0.5, 0.6) is 11.6 Å². The molecule has 45 heavy (non-hydrogen) atoms. The number of rotatable bonds is 4. The molecule has 1 aliphatic rings. The fourth-order valence-electron chi connectivity index (χ4n) is 4.02. The van der Waals surface area contributed by atoms with Crippen molar-refractivity contribution in [3.05, 3.63) is 84.1 Å². The second-order valence-corrected chi connectivity index (χ2v) is 9.24. The quantitative estimate of drug-likeness (QED) is 0.251. The third kappa shape index (κ3) is 8.95. The highest BCUT2D eigenvalue weighted by Crippen LogP contribution is 2.38. The van der Waals surface area contributed by atoms with E-state index in [-0.39, 0.29) is 5.91 Å². The van der Waals surface area contributed by atoms with E-state index in [1.165, 1.54) is 0 Å². The molecule has 3 N–H and O–H groups in total. The summed E-state index contributed by atoms with van der Waals surface area (Å²) in [7, 11) is 0. The number of hydrogen-bond acceptors (Lipinski definition) is 6. The number of benzene rings is 2. The van der Waals surface area contributed by atoms with E-state index < -0.39 is 24.3 Å². The van der Waals surface area contributed by atoms with E-state index in [1.807, 2.05) is 83.1 Å². The molecule has 1 aliphatic heterocycles. The van der Waals surface area contributed by atoms with Crippen LogP contribution < -0.4 is 10.1 Å². The van der Waals surface area contributed by atoms with Crippen molar-refractivity contribution < 1.29 is 55.7 Å². The number of pyridine rings is 1. The molecule has 0 spiro atoms. The highest BCUT2D eigenvalue weighted by Gasteiger charge is 2.39. The molecule has 1 saturated heterocycles. The number of aliphatic carboxylic acids is 2. The normalized spacial score (nSPS) is 13.2. The van der Waals surface area contributed by atoms with Crippen molar-refractivity contribution >= 4 is 28.9 Å². The molecular weight excluding hydrogens is 614 g/mol. The minimum absolute atomic E-state index is 0.0523. The van der Waals surface area contributed by atoms with Crippen molar-refractivity contribution in [3.8, 4) is 17.3 Å². The van der Waals surface area contributed by atoms with Crippen LogP contribution in [0.25, 0.3) is 16.7 Å². The first kappa shape index (κ1) is 34.4. The zero-order chi connectivity index (χ0) is 33.4. The van der Waals surface area contributed by atoms with Gasteiger partial charge in [-0.25, -0.2) is 9.59 Å². The number of carboxylic acids is 2. The molecule has 3 heterocycles. The number of carbonyl (C=O) groups excluding carboxylic acids is 1. The Morgan fingerprint density at radius 2 is 1.36 bits per heavy atom. The first-order valence-corrected chi connectivity index (χ1v) is 13.0. The number of carbonyl (C=O) groups is 3. The third-order valence-corrected chi connectivity index (χ3v) is 6.10. The van der Waals surface area contributed by atoms with Gasteiger partial charge in [-0.3, -0.25) is 14.3 Å². The van der Waals surface area contributed by atoms with Crippen molar-refractivity contribution in [1.82, 2.24) is 19.8 Å².